The molecule has 0 amide bonds. The maximum Gasteiger partial charge on any atom is 0.191 e. The van der Waals surface area contributed by atoms with Crippen LogP contribution in [-0.2, 0) is 11.3 Å². The number of ether oxygens (including phenoxy) is 2. The predicted molar refractivity (Wildman–Crippen MR) is 134 cm³/mol. The highest BCUT2D eigenvalue weighted by Gasteiger charge is 2.22. The van der Waals surface area contributed by atoms with Crippen molar-refractivity contribution in [2.75, 3.05) is 53.0 Å². The van der Waals surface area contributed by atoms with Crippen molar-refractivity contribution in [2.45, 2.75) is 26.4 Å². The summed E-state index contributed by atoms with van der Waals surface area (Å²) in [7, 11) is 1.69. The van der Waals surface area contributed by atoms with E-state index in [9.17, 15) is 0 Å². The fourth-order valence-corrected chi connectivity index (χ4v) is 3.54. The Morgan fingerprint density at radius 2 is 1.97 bits per heavy atom. The zero-order valence-electron chi connectivity index (χ0n) is 18.7. The SMILES string of the molecule is CCNC(=NCC(c1ccc(OC)cc1)N1CCOCC1)NCCn1cc(C)cn1.I. The summed E-state index contributed by atoms with van der Waals surface area (Å²) < 4.78 is 12.8. The molecule has 0 radical (unpaired) electrons. The summed E-state index contributed by atoms with van der Waals surface area (Å²) in [5.41, 5.74) is 2.41. The van der Waals surface area contributed by atoms with Crippen LogP contribution in [0.5, 0.6) is 5.75 Å². The van der Waals surface area contributed by atoms with Crippen LogP contribution in [0.4, 0.5) is 0 Å². The smallest absolute Gasteiger partial charge is 0.191 e. The molecule has 2 aromatic rings. The maximum atomic E-state index is 5.55. The molecule has 1 fully saturated rings. The van der Waals surface area contributed by atoms with E-state index in [2.05, 4.69) is 39.7 Å². The first-order valence-corrected chi connectivity index (χ1v) is 10.7. The summed E-state index contributed by atoms with van der Waals surface area (Å²) in [6.45, 7) is 10.5. The lowest BCUT2D eigenvalue weighted by Gasteiger charge is -2.34. The number of aliphatic imine (C=N–C) groups is 1. The van der Waals surface area contributed by atoms with Gasteiger partial charge in [0.1, 0.15) is 5.75 Å². The van der Waals surface area contributed by atoms with Crippen LogP contribution in [0.25, 0.3) is 0 Å². The lowest BCUT2D eigenvalue weighted by Crippen LogP contribution is -2.42. The molecule has 0 saturated carbocycles. The highest BCUT2D eigenvalue weighted by atomic mass is 127. The van der Waals surface area contributed by atoms with Crippen molar-refractivity contribution >= 4 is 29.9 Å². The molecule has 1 unspecified atom stereocenters. The summed E-state index contributed by atoms with van der Waals surface area (Å²) in [4.78, 5) is 7.34. The molecule has 172 valence electrons. The molecule has 3 rings (SSSR count). The number of methoxy groups -OCH3 is 1. The predicted octanol–water partition coefficient (Wildman–Crippen LogP) is 2.45. The van der Waals surface area contributed by atoms with E-state index in [0.29, 0.717) is 6.54 Å². The van der Waals surface area contributed by atoms with Crippen molar-refractivity contribution in [1.29, 1.82) is 0 Å². The molecule has 9 heteroatoms. The van der Waals surface area contributed by atoms with E-state index in [1.807, 2.05) is 36.1 Å². The van der Waals surface area contributed by atoms with Gasteiger partial charge in [0.2, 0.25) is 0 Å². The summed E-state index contributed by atoms with van der Waals surface area (Å²) in [6.07, 6.45) is 3.92. The number of aromatic nitrogens is 2. The third-order valence-corrected chi connectivity index (χ3v) is 5.15. The van der Waals surface area contributed by atoms with Crippen molar-refractivity contribution < 1.29 is 9.47 Å². The van der Waals surface area contributed by atoms with Crippen LogP contribution in [0, 0.1) is 6.92 Å². The van der Waals surface area contributed by atoms with E-state index in [0.717, 1.165) is 57.6 Å². The molecule has 1 aliphatic rings. The average Bonchev–Trinajstić information content (AvgIpc) is 3.20. The van der Waals surface area contributed by atoms with E-state index < -0.39 is 0 Å². The average molecular weight is 542 g/mol. The van der Waals surface area contributed by atoms with Crippen molar-refractivity contribution in [3.63, 3.8) is 0 Å². The van der Waals surface area contributed by atoms with Gasteiger partial charge in [-0.2, -0.15) is 5.10 Å². The van der Waals surface area contributed by atoms with Crippen LogP contribution < -0.4 is 15.4 Å². The van der Waals surface area contributed by atoms with Crippen LogP contribution >= 0.6 is 24.0 Å². The summed E-state index contributed by atoms with van der Waals surface area (Å²) in [5.74, 6) is 1.69. The Labute approximate surface area is 202 Å². The topological polar surface area (TPSA) is 75.9 Å². The van der Waals surface area contributed by atoms with Crippen LogP contribution in [0.2, 0.25) is 0 Å². The van der Waals surface area contributed by atoms with E-state index in [4.69, 9.17) is 14.5 Å². The first-order chi connectivity index (χ1) is 14.7. The number of aryl methyl sites for hydroxylation is 1. The van der Waals surface area contributed by atoms with E-state index in [-0.39, 0.29) is 30.0 Å². The molecule has 2 heterocycles. The fourth-order valence-electron chi connectivity index (χ4n) is 3.54. The third kappa shape index (κ3) is 7.97. The molecule has 1 aliphatic heterocycles. The Balaban J connectivity index is 0.00000341. The number of guanidine groups is 1. The minimum absolute atomic E-state index is 0. The van der Waals surface area contributed by atoms with Crippen molar-refractivity contribution in [2.24, 2.45) is 4.99 Å². The minimum atomic E-state index is 0. The number of rotatable bonds is 9. The highest BCUT2D eigenvalue weighted by Crippen LogP contribution is 2.24. The Bertz CT molecular complexity index is 790. The lowest BCUT2D eigenvalue weighted by molar-refractivity contribution is 0.0179. The van der Waals surface area contributed by atoms with Gasteiger partial charge in [-0.3, -0.25) is 14.6 Å². The van der Waals surface area contributed by atoms with Gasteiger partial charge in [0.25, 0.3) is 0 Å². The molecule has 8 nitrogen and oxygen atoms in total. The summed E-state index contributed by atoms with van der Waals surface area (Å²) in [6, 6.07) is 8.50. The van der Waals surface area contributed by atoms with E-state index in [1.54, 1.807) is 7.11 Å². The molecule has 2 N–H and O–H groups in total. The normalized spacial score (nSPS) is 15.8. The van der Waals surface area contributed by atoms with Gasteiger partial charge >= 0.3 is 0 Å². The Kier molecular flexibility index (Phi) is 11.1. The van der Waals surface area contributed by atoms with Gasteiger partial charge in [0.15, 0.2) is 5.96 Å². The molecule has 0 spiro atoms. The van der Waals surface area contributed by atoms with Crippen LogP contribution in [0.1, 0.15) is 24.1 Å². The number of hydrogen-bond donors (Lipinski definition) is 2. The number of morpholine rings is 1. The largest absolute Gasteiger partial charge is 0.497 e. The molecule has 1 aromatic carbocycles. The maximum absolute atomic E-state index is 5.55. The minimum Gasteiger partial charge on any atom is -0.497 e. The molecule has 1 atom stereocenters. The molecule has 0 bridgehead atoms. The van der Waals surface area contributed by atoms with Crippen LogP contribution in [0.3, 0.4) is 0 Å². The van der Waals surface area contributed by atoms with Gasteiger partial charge in [-0.1, -0.05) is 12.1 Å². The van der Waals surface area contributed by atoms with Gasteiger partial charge in [0, 0.05) is 32.4 Å². The Hall–Kier alpha value is -1.85. The number of benzene rings is 1. The standard InChI is InChI=1S/C22H34N6O2.HI/c1-4-23-22(24-9-10-28-17-18(2)15-26-28)25-16-21(27-11-13-30-14-12-27)19-5-7-20(29-3)8-6-19;/h5-8,15,17,21H,4,9-14,16H2,1-3H3,(H2,23,24,25);1H. The Morgan fingerprint density at radius 1 is 1.23 bits per heavy atom. The first-order valence-electron chi connectivity index (χ1n) is 10.7. The van der Waals surface area contributed by atoms with Crippen molar-refractivity contribution in [3.05, 3.63) is 47.8 Å². The lowest BCUT2D eigenvalue weighted by atomic mass is 10.0. The van der Waals surface area contributed by atoms with Crippen LogP contribution in [0.15, 0.2) is 41.7 Å². The van der Waals surface area contributed by atoms with Crippen molar-refractivity contribution in [1.82, 2.24) is 25.3 Å². The number of nitrogens with zero attached hydrogens (tertiary/aromatic N) is 4. The molecule has 31 heavy (non-hydrogen) atoms. The van der Waals surface area contributed by atoms with Gasteiger partial charge in [-0.15, -0.1) is 24.0 Å². The third-order valence-electron chi connectivity index (χ3n) is 5.15. The van der Waals surface area contributed by atoms with Gasteiger partial charge in [-0.25, -0.2) is 0 Å². The second-order valence-corrected chi connectivity index (χ2v) is 7.36. The molecule has 0 aliphatic carbocycles. The monoisotopic (exact) mass is 542 g/mol. The molecular weight excluding hydrogens is 507 g/mol. The quantitative estimate of drug-likeness (QED) is 0.288. The van der Waals surface area contributed by atoms with Crippen molar-refractivity contribution in [3.8, 4) is 5.75 Å². The van der Waals surface area contributed by atoms with Gasteiger partial charge < -0.3 is 20.1 Å². The summed E-state index contributed by atoms with van der Waals surface area (Å²) >= 11 is 0. The highest BCUT2D eigenvalue weighted by molar-refractivity contribution is 14.0. The zero-order valence-corrected chi connectivity index (χ0v) is 21.0. The Morgan fingerprint density at radius 3 is 2.58 bits per heavy atom. The van der Waals surface area contributed by atoms with E-state index >= 15 is 0 Å². The first kappa shape index (κ1) is 25.4. The number of nitrogens with one attached hydrogen (secondary N) is 2. The number of halogens is 1. The molecular formula is C22H35IN6O2. The second kappa shape index (κ2) is 13.5. The second-order valence-electron chi connectivity index (χ2n) is 7.36. The fraction of sp³-hybridized carbons (Fsp3) is 0.545. The van der Waals surface area contributed by atoms with E-state index in [1.165, 1.54) is 11.1 Å². The zero-order chi connectivity index (χ0) is 21.2. The van der Waals surface area contributed by atoms with Gasteiger partial charge in [-0.05, 0) is 37.1 Å². The summed E-state index contributed by atoms with van der Waals surface area (Å²) in [5, 5.41) is 11.1. The molecule has 1 aromatic heterocycles. The van der Waals surface area contributed by atoms with Gasteiger partial charge in [0.05, 0.1) is 45.7 Å². The number of hydrogen-bond acceptors (Lipinski definition) is 5. The molecule has 1 saturated heterocycles. The van der Waals surface area contributed by atoms with Crippen LogP contribution in [-0.4, -0.2) is 73.7 Å².